The van der Waals surface area contributed by atoms with E-state index in [-0.39, 0.29) is 34.5 Å². The summed E-state index contributed by atoms with van der Waals surface area (Å²) in [4.78, 5) is 39.5. The van der Waals surface area contributed by atoms with Gasteiger partial charge >= 0.3 is 0 Å². The molecule has 2 heterocycles. The Bertz CT molecular complexity index is 1790. The van der Waals surface area contributed by atoms with Crippen LogP contribution in [0, 0.1) is 21.7 Å². The molecule has 8 heteroatoms. The number of ketones is 1. The van der Waals surface area contributed by atoms with Crippen molar-refractivity contribution in [1.82, 2.24) is 15.3 Å². The molecular weight excluding hydrogens is 624 g/mol. The topological polar surface area (TPSA) is 128 Å². The molecule has 0 radical (unpaired) electrons. The summed E-state index contributed by atoms with van der Waals surface area (Å²) in [7, 11) is 0. The summed E-state index contributed by atoms with van der Waals surface area (Å²) in [5.74, 6) is 0.777. The number of amides is 1. The maximum absolute atomic E-state index is 13.3. The number of carbonyl (C=O) groups is 2. The van der Waals surface area contributed by atoms with Crippen LogP contribution >= 0.6 is 0 Å². The predicted molar refractivity (Wildman–Crippen MR) is 199 cm³/mol. The van der Waals surface area contributed by atoms with Crippen LogP contribution in [0.25, 0.3) is 28.0 Å². The van der Waals surface area contributed by atoms with E-state index in [4.69, 9.17) is 9.98 Å². The molecule has 1 aliphatic heterocycles. The first kappa shape index (κ1) is 35.9. The number of hydrogen-bond acceptors (Lipinski definition) is 6. The summed E-state index contributed by atoms with van der Waals surface area (Å²) in [6, 6.07) is 16.7. The zero-order valence-corrected chi connectivity index (χ0v) is 30.9. The lowest BCUT2D eigenvalue weighted by molar-refractivity contribution is -0.131. The number of allylic oxidation sites excluding steroid dienone is 1. The SMILES string of the molecule is CC(O)C1(C(=O)C[C@H](c2ncc(-c3ccc(-c4ccc(C5=CN=C([C@@H](NC(=O)C6(C(C)O)CC6)C(C)(C)C)C5)cc4)cc3)[nH]2)C(C)(C)C)CC1. The van der Waals surface area contributed by atoms with E-state index in [9.17, 15) is 19.8 Å². The molecule has 3 aromatic rings. The average Bonchev–Trinajstić information content (AvgIpc) is 3.95. The number of imidazole rings is 1. The van der Waals surface area contributed by atoms with E-state index in [0.29, 0.717) is 12.8 Å². The number of aliphatic hydroxyl groups excluding tert-OH is 2. The predicted octanol–water partition coefficient (Wildman–Crippen LogP) is 7.87. The van der Waals surface area contributed by atoms with Gasteiger partial charge in [-0.3, -0.25) is 14.6 Å². The Kier molecular flexibility index (Phi) is 9.36. The molecule has 4 atom stereocenters. The number of Topliss-reactive ketones (excluding diaryl/α,β-unsaturated/α-hetero) is 1. The van der Waals surface area contributed by atoms with E-state index in [2.05, 4.69) is 100 Å². The number of hydrogen-bond donors (Lipinski definition) is 4. The average molecular weight is 679 g/mol. The second kappa shape index (κ2) is 13.0. The van der Waals surface area contributed by atoms with Gasteiger partial charge in [-0.1, -0.05) is 90.1 Å². The molecule has 50 heavy (non-hydrogen) atoms. The van der Waals surface area contributed by atoms with Gasteiger partial charge in [0.05, 0.1) is 41.0 Å². The maximum atomic E-state index is 13.3. The highest BCUT2D eigenvalue weighted by Gasteiger charge is 2.55. The normalized spacial score (nSPS) is 20.3. The molecular formula is C42H54N4O4. The monoisotopic (exact) mass is 678 g/mol. The minimum Gasteiger partial charge on any atom is -0.392 e. The van der Waals surface area contributed by atoms with Gasteiger partial charge in [-0.15, -0.1) is 0 Å². The third kappa shape index (κ3) is 7.02. The number of aromatic amines is 1. The summed E-state index contributed by atoms with van der Waals surface area (Å²) < 4.78 is 0. The van der Waals surface area contributed by atoms with Gasteiger partial charge in [-0.25, -0.2) is 4.98 Å². The standard InChI is InChI=1S/C42H54N4O4/c1-25(47)41(17-18-41)35(49)22-32(39(3,4)5)37-44-24-34(45-37)30-15-13-28(14-16-30)27-9-11-29(12-10-27)31-21-33(43-23-31)36(40(6,7)8)46-38(50)42(19-20-42)26(2)48/h9-16,23-26,32,36,47-48H,17-22H2,1-8H3,(H,44,45)(H,46,50)/t25?,26?,32-,36-/m1/s1. The Hall–Kier alpha value is -3.88. The number of aliphatic imine (C=N–C) groups is 1. The number of rotatable bonds is 12. The van der Waals surface area contributed by atoms with Crippen molar-refractivity contribution in [3.63, 3.8) is 0 Å². The zero-order valence-electron chi connectivity index (χ0n) is 30.9. The molecule has 6 rings (SSSR count). The zero-order chi connectivity index (χ0) is 36.2. The molecule has 4 N–H and O–H groups in total. The van der Waals surface area contributed by atoms with E-state index in [1.165, 1.54) is 0 Å². The van der Waals surface area contributed by atoms with Crippen LogP contribution < -0.4 is 5.32 Å². The molecule has 2 unspecified atom stereocenters. The lowest BCUT2D eigenvalue weighted by atomic mass is 9.75. The fraction of sp³-hybridized carbons (Fsp3) is 0.524. The molecule has 2 aromatic carbocycles. The van der Waals surface area contributed by atoms with Gasteiger partial charge in [0, 0.05) is 30.7 Å². The first-order valence-electron chi connectivity index (χ1n) is 18.2. The largest absolute Gasteiger partial charge is 0.392 e. The molecule has 2 fully saturated rings. The fourth-order valence-corrected chi connectivity index (χ4v) is 7.49. The van der Waals surface area contributed by atoms with Crippen LogP contribution in [0.15, 0.2) is 65.9 Å². The summed E-state index contributed by atoms with van der Waals surface area (Å²) in [6.45, 7) is 16.2. The van der Waals surface area contributed by atoms with Crippen LogP contribution in [0.4, 0.5) is 0 Å². The molecule has 2 saturated carbocycles. The number of benzene rings is 2. The summed E-state index contributed by atoms with van der Waals surface area (Å²) in [6.07, 6.45) is 6.46. The second-order valence-electron chi connectivity index (χ2n) is 17.3. The summed E-state index contributed by atoms with van der Waals surface area (Å²) >= 11 is 0. The smallest absolute Gasteiger partial charge is 0.229 e. The molecule has 1 amide bonds. The van der Waals surface area contributed by atoms with Crippen molar-refractivity contribution in [3.05, 3.63) is 72.3 Å². The summed E-state index contributed by atoms with van der Waals surface area (Å²) in [5.41, 5.74) is 5.65. The lowest BCUT2D eigenvalue weighted by Crippen LogP contribution is -2.52. The Balaban J connectivity index is 1.10. The van der Waals surface area contributed by atoms with E-state index in [1.807, 2.05) is 12.4 Å². The van der Waals surface area contributed by atoms with E-state index < -0.39 is 23.0 Å². The number of H-pyrrole nitrogens is 1. The van der Waals surface area contributed by atoms with Crippen molar-refractivity contribution in [2.75, 3.05) is 0 Å². The van der Waals surface area contributed by atoms with Gasteiger partial charge in [0.15, 0.2) is 0 Å². The Morgan fingerprint density at radius 3 is 1.80 bits per heavy atom. The van der Waals surface area contributed by atoms with Gasteiger partial charge in [0.2, 0.25) is 5.91 Å². The van der Waals surface area contributed by atoms with Crippen molar-refractivity contribution < 1.29 is 19.8 Å². The highest BCUT2D eigenvalue weighted by molar-refractivity contribution is 6.04. The summed E-state index contributed by atoms with van der Waals surface area (Å²) in [5, 5.41) is 23.7. The van der Waals surface area contributed by atoms with Crippen LogP contribution in [-0.4, -0.2) is 55.8 Å². The number of aromatic nitrogens is 2. The Morgan fingerprint density at radius 2 is 1.32 bits per heavy atom. The van der Waals surface area contributed by atoms with E-state index in [1.54, 1.807) is 13.8 Å². The fourth-order valence-electron chi connectivity index (χ4n) is 7.49. The Labute approximate surface area is 296 Å². The molecule has 0 saturated heterocycles. The number of carbonyl (C=O) groups excluding carboxylic acids is 2. The highest BCUT2D eigenvalue weighted by atomic mass is 16.3. The molecule has 266 valence electrons. The van der Waals surface area contributed by atoms with Crippen LogP contribution in [0.3, 0.4) is 0 Å². The van der Waals surface area contributed by atoms with Crippen LogP contribution in [-0.2, 0) is 9.59 Å². The van der Waals surface area contributed by atoms with Gasteiger partial charge < -0.3 is 20.5 Å². The van der Waals surface area contributed by atoms with Crippen molar-refractivity contribution in [2.45, 2.75) is 118 Å². The third-order valence-electron chi connectivity index (χ3n) is 11.6. The molecule has 2 aliphatic carbocycles. The molecule has 8 nitrogen and oxygen atoms in total. The second-order valence-corrected chi connectivity index (χ2v) is 17.3. The minimum absolute atomic E-state index is 0.0761. The highest BCUT2D eigenvalue weighted by Crippen LogP contribution is 2.52. The van der Waals surface area contributed by atoms with Crippen LogP contribution in [0.2, 0.25) is 0 Å². The van der Waals surface area contributed by atoms with Crippen LogP contribution in [0.5, 0.6) is 0 Å². The van der Waals surface area contributed by atoms with Gasteiger partial charge in [-0.2, -0.15) is 0 Å². The van der Waals surface area contributed by atoms with Gasteiger partial charge in [0.1, 0.15) is 11.6 Å². The van der Waals surface area contributed by atoms with Crippen molar-refractivity contribution in [3.8, 4) is 22.4 Å². The number of nitrogens with one attached hydrogen (secondary N) is 2. The molecule has 0 bridgehead atoms. The molecule has 3 aliphatic rings. The number of aliphatic hydroxyl groups is 2. The first-order chi connectivity index (χ1) is 23.4. The lowest BCUT2D eigenvalue weighted by Gasteiger charge is -2.33. The van der Waals surface area contributed by atoms with E-state index in [0.717, 1.165) is 70.7 Å². The molecule has 0 spiro atoms. The van der Waals surface area contributed by atoms with Gasteiger partial charge in [0.25, 0.3) is 0 Å². The number of nitrogens with zero attached hydrogens (tertiary/aromatic N) is 2. The first-order valence-corrected chi connectivity index (χ1v) is 18.2. The third-order valence-corrected chi connectivity index (χ3v) is 11.6. The maximum Gasteiger partial charge on any atom is 0.229 e. The minimum atomic E-state index is -0.665. The van der Waals surface area contributed by atoms with Crippen molar-refractivity contribution in [1.29, 1.82) is 0 Å². The quantitative estimate of drug-likeness (QED) is 0.155. The van der Waals surface area contributed by atoms with Crippen molar-refractivity contribution in [2.24, 2.45) is 26.7 Å². The van der Waals surface area contributed by atoms with Crippen molar-refractivity contribution >= 4 is 23.0 Å². The van der Waals surface area contributed by atoms with E-state index >= 15 is 0 Å². The van der Waals surface area contributed by atoms with Crippen LogP contribution in [0.1, 0.15) is 111 Å². The molecule has 1 aromatic heterocycles. The van der Waals surface area contributed by atoms with Gasteiger partial charge in [-0.05, 0) is 78.2 Å². The Morgan fingerprint density at radius 1 is 0.800 bits per heavy atom.